The average Bonchev–Trinajstić information content (AvgIpc) is 2.12. The molecular formula is C8H12ClN3O2. The van der Waals surface area contributed by atoms with Crippen LogP contribution in [0, 0.1) is 6.92 Å². The fraction of sp³-hybridized carbons (Fsp3) is 0.500. The standard InChI is InChI=1S/C8H12ClN3O2/c1-5-2-7(12-8(9)10-5)11-6(3-13)4-14/h2,6,13-14H,3-4H2,1H3,(H,10,11,12). The quantitative estimate of drug-likeness (QED) is 0.629. The first-order valence-corrected chi connectivity index (χ1v) is 4.53. The lowest BCUT2D eigenvalue weighted by molar-refractivity contribution is 0.203. The van der Waals surface area contributed by atoms with Crippen LogP contribution < -0.4 is 5.32 Å². The van der Waals surface area contributed by atoms with Crippen molar-refractivity contribution in [1.82, 2.24) is 9.97 Å². The molecule has 0 atom stereocenters. The summed E-state index contributed by atoms with van der Waals surface area (Å²) in [6.45, 7) is 1.44. The number of nitrogens with one attached hydrogen (secondary N) is 1. The zero-order chi connectivity index (χ0) is 10.6. The third-order valence-electron chi connectivity index (χ3n) is 1.62. The zero-order valence-electron chi connectivity index (χ0n) is 7.74. The molecule has 0 radical (unpaired) electrons. The van der Waals surface area contributed by atoms with Gasteiger partial charge in [0.2, 0.25) is 5.28 Å². The lowest BCUT2D eigenvalue weighted by Gasteiger charge is -2.13. The highest BCUT2D eigenvalue weighted by molar-refractivity contribution is 6.28. The Morgan fingerprint density at radius 2 is 2.07 bits per heavy atom. The lowest BCUT2D eigenvalue weighted by Crippen LogP contribution is -2.28. The highest BCUT2D eigenvalue weighted by Crippen LogP contribution is 2.10. The molecule has 1 aromatic heterocycles. The molecule has 14 heavy (non-hydrogen) atoms. The molecule has 0 aliphatic rings. The van der Waals surface area contributed by atoms with Crippen molar-refractivity contribution in [3.05, 3.63) is 17.0 Å². The number of hydrogen-bond donors (Lipinski definition) is 3. The van der Waals surface area contributed by atoms with Gasteiger partial charge in [0, 0.05) is 11.8 Å². The predicted molar refractivity (Wildman–Crippen MR) is 53.4 cm³/mol. The van der Waals surface area contributed by atoms with E-state index in [1.807, 2.05) is 0 Å². The number of hydrogen-bond acceptors (Lipinski definition) is 5. The Bertz CT molecular complexity index is 284. The van der Waals surface area contributed by atoms with Gasteiger partial charge in [-0.05, 0) is 18.5 Å². The fourth-order valence-electron chi connectivity index (χ4n) is 0.964. The van der Waals surface area contributed by atoms with Crippen molar-refractivity contribution in [1.29, 1.82) is 0 Å². The molecule has 5 nitrogen and oxygen atoms in total. The number of halogens is 1. The minimum absolute atomic E-state index is 0.141. The van der Waals surface area contributed by atoms with Crippen LogP contribution in [0.25, 0.3) is 0 Å². The van der Waals surface area contributed by atoms with Gasteiger partial charge in [-0.25, -0.2) is 9.97 Å². The van der Waals surface area contributed by atoms with E-state index < -0.39 is 6.04 Å². The van der Waals surface area contributed by atoms with Gasteiger partial charge >= 0.3 is 0 Å². The number of rotatable bonds is 4. The predicted octanol–water partition coefficient (Wildman–Crippen LogP) is 0.204. The molecule has 0 spiro atoms. The summed E-state index contributed by atoms with van der Waals surface area (Å²) in [5.74, 6) is 0.496. The molecule has 0 saturated heterocycles. The minimum atomic E-state index is -0.430. The van der Waals surface area contributed by atoms with Gasteiger partial charge in [-0.3, -0.25) is 0 Å². The number of aryl methyl sites for hydroxylation is 1. The Kier molecular flexibility index (Phi) is 4.06. The normalized spacial score (nSPS) is 10.6. The van der Waals surface area contributed by atoms with E-state index in [2.05, 4.69) is 15.3 Å². The molecular weight excluding hydrogens is 206 g/mol. The van der Waals surface area contributed by atoms with Crippen LogP contribution in [-0.4, -0.2) is 39.4 Å². The molecule has 1 heterocycles. The molecule has 0 amide bonds. The first kappa shape index (κ1) is 11.2. The second-order valence-electron chi connectivity index (χ2n) is 2.87. The van der Waals surface area contributed by atoms with Crippen LogP contribution >= 0.6 is 11.6 Å². The molecule has 1 rings (SSSR count). The van der Waals surface area contributed by atoms with Gasteiger partial charge in [-0.15, -0.1) is 0 Å². The molecule has 0 unspecified atom stereocenters. The van der Waals surface area contributed by atoms with Crippen LogP contribution in [0.4, 0.5) is 5.82 Å². The van der Waals surface area contributed by atoms with Gasteiger partial charge in [0.1, 0.15) is 5.82 Å². The molecule has 1 aromatic rings. The van der Waals surface area contributed by atoms with Gasteiger partial charge in [-0.2, -0.15) is 0 Å². The SMILES string of the molecule is Cc1cc(NC(CO)CO)nc(Cl)n1. The van der Waals surface area contributed by atoms with Gasteiger partial charge in [0.15, 0.2) is 0 Å². The van der Waals surface area contributed by atoms with E-state index in [1.54, 1.807) is 13.0 Å². The van der Waals surface area contributed by atoms with Gasteiger partial charge in [0.25, 0.3) is 0 Å². The maximum atomic E-state index is 8.83. The van der Waals surface area contributed by atoms with Crippen LogP contribution in [0.3, 0.4) is 0 Å². The molecule has 0 saturated carbocycles. The van der Waals surface area contributed by atoms with E-state index in [-0.39, 0.29) is 18.5 Å². The largest absolute Gasteiger partial charge is 0.394 e. The highest BCUT2D eigenvalue weighted by Gasteiger charge is 2.07. The van der Waals surface area contributed by atoms with Crippen molar-refractivity contribution in [3.8, 4) is 0 Å². The highest BCUT2D eigenvalue weighted by atomic mass is 35.5. The maximum Gasteiger partial charge on any atom is 0.224 e. The maximum absolute atomic E-state index is 8.83. The lowest BCUT2D eigenvalue weighted by atomic mass is 10.3. The monoisotopic (exact) mass is 217 g/mol. The second kappa shape index (κ2) is 5.09. The molecule has 0 aromatic carbocycles. The zero-order valence-corrected chi connectivity index (χ0v) is 8.49. The van der Waals surface area contributed by atoms with Crippen LogP contribution in [0.1, 0.15) is 5.69 Å². The summed E-state index contributed by atoms with van der Waals surface area (Å²) in [6, 6.07) is 1.25. The van der Waals surface area contributed by atoms with E-state index in [9.17, 15) is 0 Å². The van der Waals surface area contributed by atoms with Crippen LogP contribution in [0.2, 0.25) is 5.28 Å². The van der Waals surface area contributed by atoms with Crippen molar-refractivity contribution >= 4 is 17.4 Å². The first-order valence-electron chi connectivity index (χ1n) is 4.15. The second-order valence-corrected chi connectivity index (χ2v) is 3.21. The molecule has 3 N–H and O–H groups in total. The van der Waals surface area contributed by atoms with Crippen molar-refractivity contribution < 1.29 is 10.2 Å². The summed E-state index contributed by atoms with van der Waals surface area (Å²) < 4.78 is 0. The Morgan fingerprint density at radius 3 is 2.57 bits per heavy atom. The Labute approximate surface area is 86.8 Å². The van der Waals surface area contributed by atoms with Crippen molar-refractivity contribution in [2.24, 2.45) is 0 Å². The molecule has 0 aliphatic heterocycles. The summed E-state index contributed by atoms with van der Waals surface area (Å²) in [6.07, 6.45) is 0. The minimum Gasteiger partial charge on any atom is -0.394 e. The Balaban J connectivity index is 2.75. The number of aliphatic hydroxyl groups is 2. The van der Waals surface area contributed by atoms with Crippen molar-refractivity contribution in [2.45, 2.75) is 13.0 Å². The summed E-state index contributed by atoms with van der Waals surface area (Å²) >= 11 is 5.63. The summed E-state index contributed by atoms with van der Waals surface area (Å²) in [5, 5.41) is 20.6. The van der Waals surface area contributed by atoms with E-state index in [0.717, 1.165) is 5.69 Å². The van der Waals surface area contributed by atoms with Crippen molar-refractivity contribution in [2.75, 3.05) is 18.5 Å². The molecule has 0 fully saturated rings. The molecule has 0 aliphatic carbocycles. The molecule has 6 heteroatoms. The smallest absolute Gasteiger partial charge is 0.224 e. The van der Waals surface area contributed by atoms with E-state index in [1.165, 1.54) is 0 Å². The molecule has 78 valence electrons. The average molecular weight is 218 g/mol. The number of aromatic nitrogens is 2. The van der Waals surface area contributed by atoms with Gasteiger partial charge < -0.3 is 15.5 Å². The van der Waals surface area contributed by atoms with Crippen LogP contribution in [-0.2, 0) is 0 Å². The number of nitrogens with zero attached hydrogens (tertiary/aromatic N) is 2. The van der Waals surface area contributed by atoms with Gasteiger partial charge in [0.05, 0.1) is 19.3 Å². The Morgan fingerprint density at radius 1 is 1.43 bits per heavy atom. The van der Waals surface area contributed by atoms with Crippen molar-refractivity contribution in [3.63, 3.8) is 0 Å². The number of aliphatic hydroxyl groups excluding tert-OH is 2. The Hall–Kier alpha value is -0.910. The van der Waals surface area contributed by atoms with Crippen LogP contribution in [0.15, 0.2) is 6.07 Å². The third-order valence-corrected chi connectivity index (χ3v) is 1.79. The number of anilines is 1. The van der Waals surface area contributed by atoms with Gasteiger partial charge in [-0.1, -0.05) is 0 Å². The molecule has 0 bridgehead atoms. The van der Waals surface area contributed by atoms with Crippen LogP contribution in [0.5, 0.6) is 0 Å². The summed E-state index contributed by atoms with van der Waals surface area (Å²) in [4.78, 5) is 7.77. The first-order chi connectivity index (χ1) is 6.65. The van der Waals surface area contributed by atoms with E-state index in [4.69, 9.17) is 21.8 Å². The topological polar surface area (TPSA) is 78.3 Å². The summed E-state index contributed by atoms with van der Waals surface area (Å²) in [7, 11) is 0. The summed E-state index contributed by atoms with van der Waals surface area (Å²) in [5.41, 5.74) is 0.724. The van der Waals surface area contributed by atoms with E-state index in [0.29, 0.717) is 5.82 Å². The fourth-order valence-corrected chi connectivity index (χ4v) is 1.19. The third kappa shape index (κ3) is 3.10. The van der Waals surface area contributed by atoms with E-state index >= 15 is 0 Å².